The van der Waals surface area contributed by atoms with Crippen molar-refractivity contribution in [3.05, 3.63) is 90.0 Å². The Kier molecular flexibility index (Phi) is 4.76. The van der Waals surface area contributed by atoms with E-state index in [0.717, 1.165) is 16.7 Å². The van der Waals surface area contributed by atoms with Crippen molar-refractivity contribution in [2.75, 3.05) is 0 Å². The van der Waals surface area contributed by atoms with Gasteiger partial charge in [-0.15, -0.1) is 0 Å². The van der Waals surface area contributed by atoms with Gasteiger partial charge in [0.15, 0.2) is 5.78 Å². The lowest BCUT2D eigenvalue weighted by atomic mass is 10.0. The van der Waals surface area contributed by atoms with Crippen molar-refractivity contribution in [2.45, 2.75) is 0 Å². The van der Waals surface area contributed by atoms with E-state index in [9.17, 15) is 9.59 Å². The van der Waals surface area contributed by atoms with Crippen LogP contribution >= 0.6 is 0 Å². The molecule has 0 bridgehead atoms. The van der Waals surface area contributed by atoms with Crippen LogP contribution in [0.2, 0.25) is 0 Å². The standard InChI is InChI=1S/C20H14N2O3/c23-19(16-6-8-17(9-7-16)20(24)25)10-3-14-1-4-15(5-2-14)18-11-21-13-22-12-18/h1-13H,(H,24,25). The average molecular weight is 330 g/mol. The number of hydrogen-bond acceptors (Lipinski definition) is 4. The lowest BCUT2D eigenvalue weighted by molar-refractivity contribution is 0.0696. The predicted octanol–water partition coefficient (Wildman–Crippen LogP) is 3.74. The molecule has 0 radical (unpaired) electrons. The zero-order chi connectivity index (χ0) is 17.6. The van der Waals surface area contributed by atoms with Crippen molar-refractivity contribution in [1.29, 1.82) is 0 Å². The van der Waals surface area contributed by atoms with Gasteiger partial charge in [0.2, 0.25) is 0 Å². The maximum absolute atomic E-state index is 12.1. The molecule has 0 saturated carbocycles. The van der Waals surface area contributed by atoms with Crippen LogP contribution in [0.1, 0.15) is 26.3 Å². The van der Waals surface area contributed by atoms with E-state index in [-0.39, 0.29) is 11.3 Å². The van der Waals surface area contributed by atoms with Crippen LogP contribution in [0.4, 0.5) is 0 Å². The molecule has 0 atom stereocenters. The van der Waals surface area contributed by atoms with E-state index in [2.05, 4.69) is 9.97 Å². The fourth-order valence-corrected chi connectivity index (χ4v) is 2.28. The van der Waals surface area contributed by atoms with Gasteiger partial charge >= 0.3 is 5.97 Å². The minimum atomic E-state index is -1.02. The third-order valence-electron chi connectivity index (χ3n) is 3.65. The van der Waals surface area contributed by atoms with Gasteiger partial charge in [-0.05, 0) is 29.3 Å². The molecule has 0 fully saturated rings. The van der Waals surface area contributed by atoms with Crippen LogP contribution in [-0.4, -0.2) is 26.8 Å². The number of carbonyl (C=O) groups excluding carboxylic acids is 1. The van der Waals surface area contributed by atoms with Crippen LogP contribution in [0.15, 0.2) is 73.3 Å². The van der Waals surface area contributed by atoms with Crippen molar-refractivity contribution in [1.82, 2.24) is 9.97 Å². The summed E-state index contributed by atoms with van der Waals surface area (Å²) in [6, 6.07) is 13.5. The molecule has 0 amide bonds. The second-order valence-electron chi connectivity index (χ2n) is 5.33. The molecule has 0 aliphatic carbocycles. The van der Waals surface area contributed by atoms with Crippen molar-refractivity contribution >= 4 is 17.8 Å². The summed E-state index contributed by atoms with van der Waals surface area (Å²) in [4.78, 5) is 30.9. The van der Waals surface area contributed by atoms with Crippen LogP contribution in [0.3, 0.4) is 0 Å². The molecule has 5 heteroatoms. The summed E-state index contributed by atoms with van der Waals surface area (Å²) >= 11 is 0. The topological polar surface area (TPSA) is 80.1 Å². The van der Waals surface area contributed by atoms with Crippen molar-refractivity contribution < 1.29 is 14.7 Å². The Morgan fingerprint density at radius 1 is 0.800 bits per heavy atom. The highest BCUT2D eigenvalue weighted by Crippen LogP contribution is 2.18. The van der Waals surface area contributed by atoms with Crippen molar-refractivity contribution in [2.24, 2.45) is 0 Å². The van der Waals surface area contributed by atoms with Gasteiger partial charge in [-0.3, -0.25) is 4.79 Å². The highest BCUT2D eigenvalue weighted by Gasteiger charge is 2.05. The normalized spacial score (nSPS) is 10.7. The Morgan fingerprint density at radius 3 is 2.00 bits per heavy atom. The summed E-state index contributed by atoms with van der Waals surface area (Å²) in [5.41, 5.74) is 3.40. The maximum atomic E-state index is 12.1. The molecule has 0 saturated heterocycles. The van der Waals surface area contributed by atoms with Crippen LogP contribution in [-0.2, 0) is 0 Å². The van der Waals surface area contributed by atoms with E-state index in [1.165, 1.54) is 36.7 Å². The second kappa shape index (κ2) is 7.31. The minimum absolute atomic E-state index is 0.154. The Labute approximate surface area is 144 Å². The molecule has 2 aromatic carbocycles. The maximum Gasteiger partial charge on any atom is 0.335 e. The molecular formula is C20H14N2O3. The highest BCUT2D eigenvalue weighted by molar-refractivity contribution is 6.07. The molecule has 3 rings (SSSR count). The Morgan fingerprint density at radius 2 is 1.40 bits per heavy atom. The van der Waals surface area contributed by atoms with Gasteiger partial charge in [0, 0.05) is 23.5 Å². The Hall–Kier alpha value is -3.60. The zero-order valence-electron chi connectivity index (χ0n) is 13.2. The second-order valence-corrected chi connectivity index (χ2v) is 5.33. The van der Waals surface area contributed by atoms with Gasteiger partial charge in [0.1, 0.15) is 6.33 Å². The van der Waals surface area contributed by atoms with Crippen molar-refractivity contribution in [3.8, 4) is 11.1 Å². The van der Waals surface area contributed by atoms with E-state index in [4.69, 9.17) is 5.11 Å². The number of carboxylic acid groups (broad SMARTS) is 1. The summed E-state index contributed by atoms with van der Waals surface area (Å²) in [7, 11) is 0. The molecule has 0 aliphatic heterocycles. The smallest absolute Gasteiger partial charge is 0.335 e. The van der Waals surface area contributed by atoms with E-state index >= 15 is 0 Å². The number of aromatic nitrogens is 2. The lowest BCUT2D eigenvalue weighted by Crippen LogP contribution is -1.98. The van der Waals surface area contributed by atoms with Gasteiger partial charge in [0.25, 0.3) is 0 Å². The van der Waals surface area contributed by atoms with Gasteiger partial charge in [-0.25, -0.2) is 14.8 Å². The summed E-state index contributed by atoms with van der Waals surface area (Å²) in [5, 5.41) is 8.86. The van der Waals surface area contributed by atoms with Gasteiger partial charge in [-0.1, -0.05) is 42.5 Å². The third-order valence-corrected chi connectivity index (χ3v) is 3.65. The molecule has 1 N–H and O–H groups in total. The summed E-state index contributed by atoms with van der Waals surface area (Å²) < 4.78 is 0. The molecule has 0 spiro atoms. The predicted molar refractivity (Wildman–Crippen MR) is 94.2 cm³/mol. The largest absolute Gasteiger partial charge is 0.478 e. The Balaban J connectivity index is 1.71. The molecule has 1 aromatic heterocycles. The number of carbonyl (C=O) groups is 2. The quantitative estimate of drug-likeness (QED) is 0.569. The van der Waals surface area contributed by atoms with Gasteiger partial charge < -0.3 is 5.11 Å². The molecule has 25 heavy (non-hydrogen) atoms. The molecule has 122 valence electrons. The van der Waals surface area contributed by atoms with E-state index < -0.39 is 5.97 Å². The van der Waals surface area contributed by atoms with Crippen LogP contribution in [0.5, 0.6) is 0 Å². The lowest BCUT2D eigenvalue weighted by Gasteiger charge is -2.01. The summed E-state index contributed by atoms with van der Waals surface area (Å²) in [5.74, 6) is -1.20. The van der Waals surface area contributed by atoms with E-state index in [1.54, 1.807) is 18.5 Å². The van der Waals surface area contributed by atoms with Crippen LogP contribution < -0.4 is 0 Å². The monoisotopic (exact) mass is 330 g/mol. The third kappa shape index (κ3) is 4.03. The number of carboxylic acids is 1. The van der Waals surface area contributed by atoms with Gasteiger partial charge in [0.05, 0.1) is 5.56 Å². The molecule has 1 heterocycles. The Bertz CT molecular complexity index is 915. The summed E-state index contributed by atoms with van der Waals surface area (Å²) in [6.45, 7) is 0. The summed E-state index contributed by atoms with van der Waals surface area (Å²) in [6.07, 6.45) is 8.15. The molecule has 3 aromatic rings. The fraction of sp³-hybridized carbons (Fsp3) is 0. The highest BCUT2D eigenvalue weighted by atomic mass is 16.4. The number of benzene rings is 2. The molecule has 0 unspecified atom stereocenters. The van der Waals surface area contributed by atoms with Gasteiger partial charge in [-0.2, -0.15) is 0 Å². The van der Waals surface area contributed by atoms with Crippen LogP contribution in [0, 0.1) is 0 Å². The van der Waals surface area contributed by atoms with E-state index in [0.29, 0.717) is 5.56 Å². The minimum Gasteiger partial charge on any atom is -0.478 e. The van der Waals surface area contributed by atoms with E-state index in [1.807, 2.05) is 24.3 Å². The number of ketones is 1. The average Bonchev–Trinajstić information content (AvgIpc) is 2.67. The molecule has 0 aliphatic rings. The first-order valence-corrected chi connectivity index (χ1v) is 7.55. The number of rotatable bonds is 5. The number of nitrogens with zero attached hydrogens (tertiary/aromatic N) is 2. The zero-order valence-corrected chi connectivity index (χ0v) is 13.2. The van der Waals surface area contributed by atoms with Crippen molar-refractivity contribution in [3.63, 3.8) is 0 Å². The first-order chi connectivity index (χ1) is 12.1. The number of hydrogen-bond donors (Lipinski definition) is 1. The SMILES string of the molecule is O=C(O)c1ccc(C(=O)C=Cc2ccc(-c3cncnc3)cc2)cc1. The number of allylic oxidation sites excluding steroid dienone is 1. The first kappa shape index (κ1) is 16.3. The molecular weight excluding hydrogens is 316 g/mol. The first-order valence-electron chi connectivity index (χ1n) is 7.55. The fourth-order valence-electron chi connectivity index (χ4n) is 2.28. The number of aromatic carboxylic acids is 1. The molecule has 5 nitrogen and oxygen atoms in total. The van der Waals surface area contributed by atoms with Crippen LogP contribution in [0.25, 0.3) is 17.2 Å².